The zero-order chi connectivity index (χ0) is 11.8. The number of aldehydes is 1. The highest BCUT2D eigenvalue weighted by molar-refractivity contribution is 6.07. The van der Waals surface area contributed by atoms with Crippen molar-refractivity contribution < 1.29 is 13.9 Å². The summed E-state index contributed by atoms with van der Waals surface area (Å²) in [5.41, 5.74) is 2.01. The molecule has 0 radical (unpaired) electrons. The molecule has 2 aromatic carbocycles. The lowest BCUT2D eigenvalue weighted by molar-refractivity contribution is 0.112. The fourth-order valence-corrected chi connectivity index (χ4v) is 2.04. The molecule has 0 bridgehead atoms. The van der Waals surface area contributed by atoms with Crippen LogP contribution in [0.1, 0.15) is 10.4 Å². The third-order valence-corrected chi connectivity index (χ3v) is 2.86. The number of hydrogen-bond donors (Lipinski definition) is 0. The van der Waals surface area contributed by atoms with Gasteiger partial charge in [-0.25, -0.2) is 0 Å². The molecule has 84 valence electrons. The Morgan fingerprint density at radius 1 is 1.12 bits per heavy atom. The zero-order valence-corrected chi connectivity index (χ0v) is 9.27. The van der Waals surface area contributed by atoms with Gasteiger partial charge in [-0.1, -0.05) is 18.2 Å². The molecule has 0 spiro atoms. The average molecular weight is 226 g/mol. The Morgan fingerprint density at radius 3 is 2.71 bits per heavy atom. The van der Waals surface area contributed by atoms with Gasteiger partial charge in [-0.2, -0.15) is 0 Å². The van der Waals surface area contributed by atoms with Crippen LogP contribution in [0.3, 0.4) is 0 Å². The first-order chi connectivity index (χ1) is 8.33. The van der Waals surface area contributed by atoms with E-state index in [1.165, 1.54) is 0 Å². The highest BCUT2D eigenvalue weighted by Gasteiger charge is 2.11. The molecule has 0 aliphatic rings. The highest BCUT2D eigenvalue weighted by Crippen LogP contribution is 2.32. The molecule has 0 atom stereocenters. The monoisotopic (exact) mass is 226 g/mol. The number of methoxy groups -OCH3 is 1. The highest BCUT2D eigenvalue weighted by atomic mass is 16.5. The molecule has 0 saturated carbocycles. The van der Waals surface area contributed by atoms with Crippen molar-refractivity contribution in [1.29, 1.82) is 0 Å². The molecule has 0 aliphatic carbocycles. The third kappa shape index (κ3) is 1.40. The van der Waals surface area contributed by atoms with Gasteiger partial charge in [0.1, 0.15) is 16.9 Å². The van der Waals surface area contributed by atoms with Crippen LogP contribution in [0.5, 0.6) is 5.75 Å². The van der Waals surface area contributed by atoms with Crippen molar-refractivity contribution in [1.82, 2.24) is 0 Å². The maximum atomic E-state index is 10.9. The molecule has 17 heavy (non-hydrogen) atoms. The normalized spacial score (nSPS) is 10.9. The molecular weight excluding hydrogens is 216 g/mol. The van der Waals surface area contributed by atoms with Crippen molar-refractivity contribution in [3.63, 3.8) is 0 Å². The van der Waals surface area contributed by atoms with E-state index in [1.807, 2.05) is 30.3 Å². The minimum atomic E-state index is 0.499. The van der Waals surface area contributed by atoms with Gasteiger partial charge in [0.2, 0.25) is 0 Å². The SMILES string of the molecule is COc1cc2c(cc1C=O)oc1ccccc12. The lowest BCUT2D eigenvalue weighted by atomic mass is 10.1. The number of carbonyl (C=O) groups excluding carboxylic acids is 1. The van der Waals surface area contributed by atoms with Crippen molar-refractivity contribution in [2.45, 2.75) is 0 Å². The van der Waals surface area contributed by atoms with E-state index in [2.05, 4.69) is 0 Å². The zero-order valence-electron chi connectivity index (χ0n) is 9.27. The van der Waals surface area contributed by atoms with Crippen LogP contribution < -0.4 is 4.74 Å². The molecule has 1 aromatic heterocycles. The third-order valence-electron chi connectivity index (χ3n) is 2.86. The van der Waals surface area contributed by atoms with Gasteiger partial charge in [-0.15, -0.1) is 0 Å². The first-order valence-corrected chi connectivity index (χ1v) is 5.28. The van der Waals surface area contributed by atoms with E-state index in [4.69, 9.17) is 9.15 Å². The molecule has 3 rings (SSSR count). The van der Waals surface area contributed by atoms with Crippen LogP contribution in [-0.4, -0.2) is 13.4 Å². The van der Waals surface area contributed by atoms with Crippen LogP contribution in [-0.2, 0) is 0 Å². The molecule has 0 aliphatic heterocycles. The van der Waals surface area contributed by atoms with Crippen LogP contribution in [0.15, 0.2) is 40.8 Å². The first-order valence-electron chi connectivity index (χ1n) is 5.28. The summed E-state index contributed by atoms with van der Waals surface area (Å²) in [6.45, 7) is 0. The van der Waals surface area contributed by atoms with Gasteiger partial charge in [0.05, 0.1) is 12.7 Å². The Morgan fingerprint density at radius 2 is 1.94 bits per heavy atom. The van der Waals surface area contributed by atoms with E-state index < -0.39 is 0 Å². The van der Waals surface area contributed by atoms with Gasteiger partial charge in [0.15, 0.2) is 6.29 Å². The summed E-state index contributed by atoms with van der Waals surface area (Å²) in [6, 6.07) is 11.3. The first kappa shape index (κ1) is 9.90. The Balaban J connectivity index is 2.45. The predicted octanol–water partition coefficient (Wildman–Crippen LogP) is 3.41. The Kier molecular flexibility index (Phi) is 2.11. The number of hydrogen-bond acceptors (Lipinski definition) is 3. The smallest absolute Gasteiger partial charge is 0.153 e. The maximum Gasteiger partial charge on any atom is 0.153 e. The summed E-state index contributed by atoms with van der Waals surface area (Å²) >= 11 is 0. The van der Waals surface area contributed by atoms with Crippen molar-refractivity contribution in [2.24, 2.45) is 0 Å². The maximum absolute atomic E-state index is 10.9. The number of furan rings is 1. The number of rotatable bonds is 2. The quantitative estimate of drug-likeness (QED) is 0.628. The van der Waals surface area contributed by atoms with Crippen molar-refractivity contribution >= 4 is 28.2 Å². The number of benzene rings is 2. The summed E-state index contributed by atoms with van der Waals surface area (Å²) in [7, 11) is 1.55. The van der Waals surface area contributed by atoms with E-state index in [1.54, 1.807) is 13.2 Å². The molecule has 1 heterocycles. The van der Waals surface area contributed by atoms with Gasteiger partial charge in [-0.05, 0) is 18.2 Å². The van der Waals surface area contributed by atoms with Crippen LogP contribution >= 0.6 is 0 Å². The van der Waals surface area contributed by atoms with Crippen LogP contribution in [0, 0.1) is 0 Å². The molecular formula is C14H10O3. The lowest BCUT2D eigenvalue weighted by Crippen LogP contribution is -1.89. The molecule has 3 nitrogen and oxygen atoms in total. The minimum absolute atomic E-state index is 0.499. The number of para-hydroxylation sites is 1. The largest absolute Gasteiger partial charge is 0.496 e. The van der Waals surface area contributed by atoms with E-state index in [9.17, 15) is 4.79 Å². The Labute approximate surface area is 97.6 Å². The van der Waals surface area contributed by atoms with Gasteiger partial charge >= 0.3 is 0 Å². The molecule has 0 amide bonds. The van der Waals surface area contributed by atoms with Crippen LogP contribution in [0.25, 0.3) is 21.9 Å². The molecule has 0 unspecified atom stereocenters. The molecule has 3 heteroatoms. The average Bonchev–Trinajstić information content (AvgIpc) is 2.74. The second-order valence-corrected chi connectivity index (χ2v) is 3.81. The van der Waals surface area contributed by atoms with Crippen molar-refractivity contribution in [3.05, 3.63) is 42.0 Å². The molecule has 3 aromatic rings. The molecule has 0 fully saturated rings. The minimum Gasteiger partial charge on any atom is -0.496 e. The Bertz CT molecular complexity index is 710. The van der Waals surface area contributed by atoms with E-state index in [0.717, 1.165) is 22.6 Å². The summed E-state index contributed by atoms with van der Waals surface area (Å²) in [4.78, 5) is 10.9. The van der Waals surface area contributed by atoms with Gasteiger partial charge in [0, 0.05) is 10.8 Å². The second-order valence-electron chi connectivity index (χ2n) is 3.81. The van der Waals surface area contributed by atoms with Gasteiger partial charge in [-0.3, -0.25) is 4.79 Å². The predicted molar refractivity (Wildman–Crippen MR) is 65.7 cm³/mol. The van der Waals surface area contributed by atoms with Gasteiger partial charge < -0.3 is 9.15 Å². The summed E-state index contributed by atoms with van der Waals surface area (Å²) in [5.74, 6) is 0.569. The summed E-state index contributed by atoms with van der Waals surface area (Å²) in [6.07, 6.45) is 0.769. The molecule has 0 N–H and O–H groups in total. The van der Waals surface area contributed by atoms with E-state index in [0.29, 0.717) is 16.9 Å². The summed E-state index contributed by atoms with van der Waals surface area (Å²) in [5, 5.41) is 1.99. The van der Waals surface area contributed by atoms with E-state index in [-0.39, 0.29) is 0 Å². The topological polar surface area (TPSA) is 39.4 Å². The van der Waals surface area contributed by atoms with E-state index >= 15 is 0 Å². The Hall–Kier alpha value is -2.29. The van der Waals surface area contributed by atoms with Crippen molar-refractivity contribution in [3.8, 4) is 5.75 Å². The van der Waals surface area contributed by atoms with Crippen LogP contribution in [0.4, 0.5) is 0 Å². The number of carbonyl (C=O) groups is 1. The van der Waals surface area contributed by atoms with Crippen molar-refractivity contribution in [2.75, 3.05) is 7.11 Å². The van der Waals surface area contributed by atoms with Gasteiger partial charge in [0.25, 0.3) is 0 Å². The lowest BCUT2D eigenvalue weighted by Gasteiger charge is -2.02. The fourth-order valence-electron chi connectivity index (χ4n) is 2.04. The number of fused-ring (bicyclic) bond motifs is 3. The van der Waals surface area contributed by atoms with Crippen LogP contribution in [0.2, 0.25) is 0 Å². The number of ether oxygens (including phenoxy) is 1. The summed E-state index contributed by atoms with van der Waals surface area (Å²) < 4.78 is 10.9. The fraction of sp³-hybridized carbons (Fsp3) is 0.0714. The standard InChI is InChI=1S/C14H10O3/c1-16-13-7-11-10-4-2-3-5-12(10)17-14(11)6-9(13)8-15/h2-8H,1H3. The molecule has 0 saturated heterocycles. The second kappa shape index (κ2) is 3.63.